The summed E-state index contributed by atoms with van der Waals surface area (Å²) >= 11 is 0. The fourth-order valence-electron chi connectivity index (χ4n) is 9.49. The van der Waals surface area contributed by atoms with Crippen LogP contribution in [-0.4, -0.2) is 19.6 Å². The Morgan fingerprint density at radius 3 is 1.64 bits per heavy atom. The maximum atomic E-state index is 12.6. The molecule has 0 saturated heterocycles. The number of benzene rings is 8. The maximum Gasteiger partial charge on any atom is 0.148 e. The molecule has 2 heterocycles. The topological polar surface area (TPSA) is 50.9 Å². The van der Waals surface area contributed by atoms with E-state index in [-0.39, 0.29) is 43.1 Å². The van der Waals surface area contributed by atoms with Crippen LogP contribution in [0.2, 0.25) is 0 Å². The van der Waals surface area contributed by atoms with Crippen molar-refractivity contribution in [3.8, 4) is 78.6 Å². The number of aromatic nitrogens is 3. The number of hydrogen-bond acceptors (Lipinski definition) is 3. The molecule has 0 fully saturated rings. The summed E-state index contributed by atoms with van der Waals surface area (Å²) in [5.74, 6) is 0.843. The Bertz CT molecular complexity index is 3470. The summed E-state index contributed by atoms with van der Waals surface area (Å²) in [4.78, 5) is 10.6. The third-order valence-corrected chi connectivity index (χ3v) is 13.7. The molecular formula is C65H58N3OPt-. The number of para-hydroxylation sites is 2. The SMILES string of the molecule is CC(C)(C)c1cc(-c2cc(-c3ccc(C(C)(C)c4ccccc4)cc3)ccn2)[c-]c(-c2cccc3c2nc(-c2cc(C(C)(C)C)cc(-c4ccccc4)c2O)n3-c2ccccc2-c2ccccc2)c1.[Pt]. The molecule has 0 saturated carbocycles. The summed E-state index contributed by atoms with van der Waals surface area (Å²) in [7, 11) is 0. The number of imidazole rings is 1. The number of aromatic hydroxyl groups is 1. The first-order valence-electron chi connectivity index (χ1n) is 24.0. The van der Waals surface area contributed by atoms with E-state index >= 15 is 0 Å². The molecule has 1 N–H and O–H groups in total. The number of nitrogens with zero attached hydrogens (tertiary/aromatic N) is 3. The van der Waals surface area contributed by atoms with Crippen molar-refractivity contribution in [2.45, 2.75) is 71.6 Å². The summed E-state index contributed by atoms with van der Waals surface area (Å²) in [5.41, 5.74) is 17.4. The average Bonchev–Trinajstić information content (AvgIpc) is 3.76. The molecule has 350 valence electrons. The first-order valence-corrected chi connectivity index (χ1v) is 24.0. The summed E-state index contributed by atoms with van der Waals surface area (Å²) in [6, 6.07) is 72.1. The predicted molar refractivity (Wildman–Crippen MR) is 288 cm³/mol. The van der Waals surface area contributed by atoms with E-state index in [1.165, 1.54) is 16.7 Å². The molecule has 0 aliphatic heterocycles. The maximum absolute atomic E-state index is 12.6. The van der Waals surface area contributed by atoms with Gasteiger partial charge in [0.1, 0.15) is 11.6 Å². The second-order valence-corrected chi connectivity index (χ2v) is 20.8. The van der Waals surface area contributed by atoms with Gasteiger partial charge < -0.3 is 5.11 Å². The van der Waals surface area contributed by atoms with Gasteiger partial charge in [0.25, 0.3) is 0 Å². The predicted octanol–water partition coefficient (Wildman–Crippen LogP) is 16.8. The third kappa shape index (κ3) is 9.21. The van der Waals surface area contributed by atoms with Gasteiger partial charge in [-0.15, -0.1) is 29.3 Å². The Labute approximate surface area is 428 Å². The van der Waals surface area contributed by atoms with Crippen LogP contribution < -0.4 is 0 Å². The molecule has 4 nitrogen and oxygen atoms in total. The van der Waals surface area contributed by atoms with Crippen molar-refractivity contribution in [2.24, 2.45) is 0 Å². The number of rotatable bonds is 9. The molecule has 0 amide bonds. The first-order chi connectivity index (χ1) is 33.1. The summed E-state index contributed by atoms with van der Waals surface area (Å²) in [5, 5.41) is 12.6. The number of fused-ring (bicyclic) bond motifs is 1. The van der Waals surface area contributed by atoms with Crippen LogP contribution in [0.25, 0.3) is 83.9 Å². The fraction of sp³-hybridized carbons (Fsp3) is 0.169. The smallest absolute Gasteiger partial charge is 0.148 e. The van der Waals surface area contributed by atoms with Gasteiger partial charge in [0.15, 0.2) is 0 Å². The Hall–Kier alpha value is -7.13. The van der Waals surface area contributed by atoms with Crippen LogP contribution in [0.3, 0.4) is 0 Å². The number of pyridine rings is 1. The van der Waals surface area contributed by atoms with Crippen molar-refractivity contribution in [3.63, 3.8) is 0 Å². The molecule has 0 aliphatic carbocycles. The standard InChI is InChI=1S/C65H58N3O.Pt/c1-63(2,3)51-38-47(37-48(39-51)57-40-46(35-36-66-57)43-31-33-50(34-32-43)65(7,8)49-25-16-11-17-26-49)54-28-20-30-59-60(54)67-62(68(59)58-29-19-18-27-53(58)44-21-12-9-13-22-44)56-42-52(64(4,5)6)41-55(61(56)69)45-23-14-10-15-24-45;/h9-36,38-42,69H,1-8H3;/q-1;. The zero-order chi connectivity index (χ0) is 48.1. The van der Waals surface area contributed by atoms with E-state index in [4.69, 9.17) is 9.97 Å². The molecule has 5 heteroatoms. The fourth-order valence-corrected chi connectivity index (χ4v) is 9.49. The van der Waals surface area contributed by atoms with Crippen molar-refractivity contribution < 1.29 is 26.2 Å². The van der Waals surface area contributed by atoms with E-state index in [2.05, 4.69) is 236 Å². The zero-order valence-corrected chi connectivity index (χ0v) is 43.4. The van der Waals surface area contributed by atoms with Crippen LogP contribution in [0.1, 0.15) is 77.6 Å². The first kappa shape index (κ1) is 47.9. The Kier molecular flexibility index (Phi) is 13.0. The van der Waals surface area contributed by atoms with Gasteiger partial charge in [-0.3, -0.25) is 9.55 Å². The van der Waals surface area contributed by atoms with E-state index in [0.29, 0.717) is 11.4 Å². The number of phenolic OH excluding ortho intramolecular Hbond substituents is 1. The Morgan fingerprint density at radius 1 is 0.443 bits per heavy atom. The van der Waals surface area contributed by atoms with E-state index in [1.807, 2.05) is 30.5 Å². The van der Waals surface area contributed by atoms with Gasteiger partial charge in [-0.1, -0.05) is 218 Å². The largest absolute Gasteiger partial charge is 0.507 e. The van der Waals surface area contributed by atoms with E-state index in [1.54, 1.807) is 0 Å². The second kappa shape index (κ2) is 19.0. The molecule has 0 atom stereocenters. The quantitative estimate of drug-likeness (QED) is 0.147. The number of phenols is 1. The Balaban J connectivity index is 0.00000608. The van der Waals surface area contributed by atoms with Crippen LogP contribution in [0, 0.1) is 6.07 Å². The summed E-state index contributed by atoms with van der Waals surface area (Å²) in [6.45, 7) is 18.0. The molecule has 0 unspecified atom stereocenters. The summed E-state index contributed by atoms with van der Waals surface area (Å²) in [6.07, 6.45) is 1.91. The second-order valence-electron chi connectivity index (χ2n) is 20.8. The van der Waals surface area contributed by atoms with Crippen LogP contribution in [0.5, 0.6) is 5.75 Å². The molecule has 10 rings (SSSR count). The normalized spacial score (nSPS) is 11.9. The molecule has 0 aliphatic rings. The van der Waals surface area contributed by atoms with Crippen molar-refractivity contribution in [1.82, 2.24) is 14.5 Å². The molecule has 8 aromatic carbocycles. The molecule has 0 radical (unpaired) electrons. The van der Waals surface area contributed by atoms with Crippen molar-refractivity contribution >= 4 is 11.0 Å². The van der Waals surface area contributed by atoms with Crippen molar-refractivity contribution in [1.29, 1.82) is 0 Å². The van der Waals surface area contributed by atoms with Crippen LogP contribution in [0.15, 0.2) is 200 Å². The number of hydrogen-bond donors (Lipinski definition) is 1. The minimum absolute atomic E-state index is 0. The van der Waals surface area contributed by atoms with Gasteiger partial charge in [-0.2, -0.15) is 0 Å². The van der Waals surface area contributed by atoms with Crippen molar-refractivity contribution in [2.75, 3.05) is 0 Å². The zero-order valence-electron chi connectivity index (χ0n) is 41.2. The minimum atomic E-state index is -0.219. The van der Waals surface area contributed by atoms with Crippen molar-refractivity contribution in [3.05, 3.63) is 229 Å². The monoisotopic (exact) mass is 1090 g/mol. The van der Waals surface area contributed by atoms with Crippen LogP contribution in [-0.2, 0) is 37.3 Å². The summed E-state index contributed by atoms with van der Waals surface area (Å²) < 4.78 is 2.24. The Morgan fingerprint density at radius 2 is 0.986 bits per heavy atom. The molecular weight excluding hydrogens is 1030 g/mol. The van der Waals surface area contributed by atoms with E-state index in [9.17, 15) is 5.11 Å². The molecule has 0 bridgehead atoms. The molecule has 70 heavy (non-hydrogen) atoms. The van der Waals surface area contributed by atoms with Gasteiger partial charge in [0, 0.05) is 49.5 Å². The van der Waals surface area contributed by atoms with Gasteiger partial charge in [0.05, 0.1) is 22.3 Å². The van der Waals surface area contributed by atoms with E-state index < -0.39 is 0 Å². The molecule has 10 aromatic rings. The van der Waals surface area contributed by atoms with Gasteiger partial charge in [0.2, 0.25) is 0 Å². The van der Waals surface area contributed by atoms with Crippen LogP contribution in [0.4, 0.5) is 0 Å². The average molecular weight is 1090 g/mol. The van der Waals surface area contributed by atoms with Gasteiger partial charge in [-0.05, 0) is 80.1 Å². The van der Waals surface area contributed by atoms with Gasteiger partial charge in [-0.25, -0.2) is 4.98 Å². The molecule has 2 aromatic heterocycles. The third-order valence-electron chi connectivity index (χ3n) is 13.7. The molecule has 0 spiro atoms. The minimum Gasteiger partial charge on any atom is -0.507 e. The van der Waals surface area contributed by atoms with Gasteiger partial charge >= 0.3 is 0 Å². The van der Waals surface area contributed by atoms with Crippen LogP contribution >= 0.6 is 0 Å². The van der Waals surface area contributed by atoms with E-state index in [0.717, 1.165) is 78.0 Å².